The van der Waals surface area contributed by atoms with E-state index in [0.29, 0.717) is 6.42 Å². The lowest BCUT2D eigenvalue weighted by Gasteiger charge is -2.13. The number of aliphatic hydroxyl groups excluding tert-OH is 1. The lowest BCUT2D eigenvalue weighted by atomic mass is 10.2. The van der Waals surface area contributed by atoms with E-state index in [-0.39, 0.29) is 12.6 Å². The van der Waals surface area contributed by atoms with Gasteiger partial charge in [0.2, 0.25) is 0 Å². The molecular weight excluding hydrogens is 202 g/mol. The van der Waals surface area contributed by atoms with Gasteiger partial charge in [0.25, 0.3) is 0 Å². The van der Waals surface area contributed by atoms with Crippen molar-refractivity contribution in [1.29, 1.82) is 0 Å². The lowest BCUT2D eigenvalue weighted by molar-refractivity contribution is 0.282. The summed E-state index contributed by atoms with van der Waals surface area (Å²) in [5.74, 6) is 0.777. The van der Waals surface area contributed by atoms with Gasteiger partial charge in [0.15, 0.2) is 5.82 Å². The second-order valence-electron chi connectivity index (χ2n) is 3.84. The van der Waals surface area contributed by atoms with Gasteiger partial charge in [0.05, 0.1) is 6.20 Å². The molecule has 4 heteroatoms. The predicted octanol–water partition coefficient (Wildman–Crippen LogP) is 1.81. The first kappa shape index (κ1) is 10.8. The van der Waals surface area contributed by atoms with Crippen LogP contribution in [0.1, 0.15) is 13.3 Å². The Hall–Kier alpha value is -1.68. The van der Waals surface area contributed by atoms with Crippen LogP contribution in [0.2, 0.25) is 0 Å². The first-order valence-electron chi connectivity index (χ1n) is 5.39. The van der Waals surface area contributed by atoms with Gasteiger partial charge in [-0.05, 0) is 13.3 Å². The smallest absolute Gasteiger partial charge is 0.156 e. The number of hydrogen-bond donors (Lipinski definition) is 2. The number of aliphatic hydroxyl groups is 1. The molecule has 2 N–H and O–H groups in total. The van der Waals surface area contributed by atoms with E-state index in [2.05, 4.69) is 15.5 Å². The minimum Gasteiger partial charge on any atom is -0.396 e. The maximum Gasteiger partial charge on any atom is 0.156 e. The first-order valence-corrected chi connectivity index (χ1v) is 5.39. The van der Waals surface area contributed by atoms with Crippen molar-refractivity contribution in [3.8, 4) is 0 Å². The second-order valence-corrected chi connectivity index (χ2v) is 3.84. The van der Waals surface area contributed by atoms with Gasteiger partial charge in [-0.15, -0.1) is 5.10 Å². The minimum atomic E-state index is 0.173. The SMILES string of the molecule is CC(CCO)Nc1nncc2ccccc12. The second kappa shape index (κ2) is 4.90. The van der Waals surface area contributed by atoms with Crippen molar-refractivity contribution in [2.24, 2.45) is 0 Å². The minimum absolute atomic E-state index is 0.173. The summed E-state index contributed by atoms with van der Waals surface area (Å²) < 4.78 is 0. The van der Waals surface area contributed by atoms with E-state index in [9.17, 15) is 0 Å². The molecule has 0 bridgehead atoms. The van der Waals surface area contributed by atoms with Gasteiger partial charge in [-0.25, -0.2) is 0 Å². The number of nitrogens with zero attached hydrogens (tertiary/aromatic N) is 2. The average Bonchev–Trinajstić information content (AvgIpc) is 2.30. The summed E-state index contributed by atoms with van der Waals surface area (Å²) in [6.07, 6.45) is 2.45. The van der Waals surface area contributed by atoms with E-state index >= 15 is 0 Å². The Morgan fingerprint density at radius 2 is 2.19 bits per heavy atom. The molecule has 0 saturated heterocycles. The molecule has 16 heavy (non-hydrogen) atoms. The van der Waals surface area contributed by atoms with Gasteiger partial charge in [-0.1, -0.05) is 24.3 Å². The van der Waals surface area contributed by atoms with Crippen molar-refractivity contribution in [3.63, 3.8) is 0 Å². The average molecular weight is 217 g/mol. The molecule has 1 unspecified atom stereocenters. The van der Waals surface area contributed by atoms with Crippen LogP contribution in [0.15, 0.2) is 30.5 Å². The molecule has 0 aliphatic rings. The molecule has 1 atom stereocenters. The van der Waals surface area contributed by atoms with Crippen LogP contribution in [0.4, 0.5) is 5.82 Å². The third-order valence-corrected chi connectivity index (χ3v) is 2.52. The monoisotopic (exact) mass is 217 g/mol. The molecule has 1 aromatic heterocycles. The zero-order valence-electron chi connectivity index (χ0n) is 9.22. The van der Waals surface area contributed by atoms with E-state index in [1.807, 2.05) is 31.2 Å². The Kier molecular flexibility index (Phi) is 3.31. The van der Waals surface area contributed by atoms with Crippen molar-refractivity contribution < 1.29 is 5.11 Å². The quantitative estimate of drug-likeness (QED) is 0.820. The summed E-state index contributed by atoms with van der Waals surface area (Å²) in [7, 11) is 0. The third kappa shape index (κ3) is 2.28. The van der Waals surface area contributed by atoms with Gasteiger partial charge in [0.1, 0.15) is 0 Å². The zero-order chi connectivity index (χ0) is 11.4. The lowest BCUT2D eigenvalue weighted by Crippen LogP contribution is -2.17. The van der Waals surface area contributed by atoms with Gasteiger partial charge >= 0.3 is 0 Å². The van der Waals surface area contributed by atoms with Crippen LogP contribution in [0.3, 0.4) is 0 Å². The third-order valence-electron chi connectivity index (χ3n) is 2.52. The predicted molar refractivity (Wildman–Crippen MR) is 64.3 cm³/mol. The van der Waals surface area contributed by atoms with Crippen molar-refractivity contribution >= 4 is 16.6 Å². The summed E-state index contributed by atoms with van der Waals surface area (Å²) >= 11 is 0. The van der Waals surface area contributed by atoms with E-state index in [0.717, 1.165) is 16.6 Å². The van der Waals surface area contributed by atoms with Gasteiger partial charge < -0.3 is 10.4 Å². The number of anilines is 1. The Bertz CT molecular complexity index is 467. The molecule has 0 amide bonds. The van der Waals surface area contributed by atoms with Crippen LogP contribution in [0, 0.1) is 0 Å². The van der Waals surface area contributed by atoms with Crippen molar-refractivity contribution in [1.82, 2.24) is 10.2 Å². The molecule has 0 spiro atoms. The van der Waals surface area contributed by atoms with E-state index in [1.165, 1.54) is 0 Å². The van der Waals surface area contributed by atoms with Crippen LogP contribution in [0.5, 0.6) is 0 Å². The molecule has 2 aromatic rings. The van der Waals surface area contributed by atoms with Crippen LogP contribution < -0.4 is 5.32 Å². The topological polar surface area (TPSA) is 58.0 Å². The number of fused-ring (bicyclic) bond motifs is 1. The number of rotatable bonds is 4. The molecule has 2 rings (SSSR count). The Labute approximate surface area is 94.3 Å². The normalized spacial score (nSPS) is 12.6. The summed E-state index contributed by atoms with van der Waals surface area (Å²) in [6.45, 7) is 2.19. The number of nitrogens with one attached hydrogen (secondary N) is 1. The van der Waals surface area contributed by atoms with E-state index in [4.69, 9.17) is 5.11 Å². The summed E-state index contributed by atoms with van der Waals surface area (Å²) in [6, 6.07) is 8.16. The Morgan fingerprint density at radius 3 is 3.00 bits per heavy atom. The molecular formula is C12H15N3O. The fraction of sp³-hybridized carbons (Fsp3) is 0.333. The maximum absolute atomic E-state index is 8.85. The van der Waals surface area contributed by atoms with Gasteiger partial charge in [0, 0.05) is 23.4 Å². The summed E-state index contributed by atoms with van der Waals surface area (Å²) in [4.78, 5) is 0. The molecule has 1 aromatic carbocycles. The van der Waals surface area contributed by atoms with Crippen LogP contribution >= 0.6 is 0 Å². The van der Waals surface area contributed by atoms with Gasteiger partial charge in [-0.3, -0.25) is 0 Å². The van der Waals surface area contributed by atoms with Crippen LogP contribution in [0.25, 0.3) is 10.8 Å². The Morgan fingerprint density at radius 1 is 1.38 bits per heavy atom. The summed E-state index contributed by atoms with van der Waals surface area (Å²) in [5, 5.41) is 22.3. The van der Waals surface area contributed by atoms with E-state index in [1.54, 1.807) is 6.20 Å². The fourth-order valence-electron chi connectivity index (χ4n) is 1.63. The highest BCUT2D eigenvalue weighted by atomic mass is 16.3. The van der Waals surface area contributed by atoms with Crippen molar-refractivity contribution in [2.75, 3.05) is 11.9 Å². The largest absolute Gasteiger partial charge is 0.396 e. The molecule has 4 nitrogen and oxygen atoms in total. The van der Waals surface area contributed by atoms with Crippen LogP contribution in [-0.4, -0.2) is 28.0 Å². The molecule has 0 saturated carbocycles. The van der Waals surface area contributed by atoms with Gasteiger partial charge in [-0.2, -0.15) is 5.10 Å². The Balaban J connectivity index is 2.30. The molecule has 1 heterocycles. The van der Waals surface area contributed by atoms with Crippen molar-refractivity contribution in [2.45, 2.75) is 19.4 Å². The zero-order valence-corrected chi connectivity index (χ0v) is 9.22. The number of benzene rings is 1. The molecule has 0 aliphatic carbocycles. The van der Waals surface area contributed by atoms with Crippen molar-refractivity contribution in [3.05, 3.63) is 30.5 Å². The maximum atomic E-state index is 8.85. The summed E-state index contributed by atoms with van der Waals surface area (Å²) in [5.41, 5.74) is 0. The molecule has 0 aliphatic heterocycles. The molecule has 0 fully saturated rings. The standard InChI is InChI=1S/C12H15N3O/c1-9(6-7-16)14-12-11-5-3-2-4-10(11)8-13-15-12/h2-5,8-9,16H,6-7H2,1H3,(H,14,15). The first-order chi connectivity index (χ1) is 7.81. The fourth-order valence-corrected chi connectivity index (χ4v) is 1.63. The highest BCUT2D eigenvalue weighted by molar-refractivity contribution is 5.90. The highest BCUT2D eigenvalue weighted by Crippen LogP contribution is 2.20. The van der Waals surface area contributed by atoms with Crippen LogP contribution in [-0.2, 0) is 0 Å². The molecule has 0 radical (unpaired) electrons. The van der Waals surface area contributed by atoms with E-state index < -0.39 is 0 Å². The number of hydrogen-bond acceptors (Lipinski definition) is 4. The molecule has 84 valence electrons. The number of aromatic nitrogens is 2. The highest BCUT2D eigenvalue weighted by Gasteiger charge is 2.06.